The molecule has 92 valence electrons. The second kappa shape index (κ2) is 5.21. The van der Waals surface area contributed by atoms with Crippen LogP contribution in [0.3, 0.4) is 0 Å². The fraction of sp³-hybridized carbons (Fsp3) is 0.500. The van der Waals surface area contributed by atoms with E-state index < -0.39 is 0 Å². The third kappa shape index (κ3) is 2.71. The fourth-order valence-electron chi connectivity index (χ4n) is 2.03. The monoisotopic (exact) mass is 295 g/mol. The van der Waals surface area contributed by atoms with E-state index in [2.05, 4.69) is 40.3 Å². The summed E-state index contributed by atoms with van der Waals surface area (Å²) < 4.78 is 0. The molecule has 0 spiro atoms. The van der Waals surface area contributed by atoms with Gasteiger partial charge >= 0.3 is 0 Å². The molecule has 1 aromatic rings. The van der Waals surface area contributed by atoms with Crippen LogP contribution in [0.25, 0.3) is 0 Å². The van der Waals surface area contributed by atoms with E-state index in [1.54, 1.807) is 0 Å². The van der Waals surface area contributed by atoms with E-state index in [1.165, 1.54) is 6.42 Å². The Hall–Kier alpha value is -0.830. The number of carbonyl (C=O) groups excluding carboxylic acids is 1. The number of halogens is 1. The summed E-state index contributed by atoms with van der Waals surface area (Å²) in [5, 5.41) is 3.90. The lowest BCUT2D eigenvalue weighted by molar-refractivity contribution is -0.129. The van der Waals surface area contributed by atoms with Crippen molar-refractivity contribution in [2.45, 2.75) is 31.7 Å². The van der Waals surface area contributed by atoms with Crippen molar-refractivity contribution in [1.82, 2.24) is 5.32 Å². The molecule has 0 aromatic heterocycles. The van der Waals surface area contributed by atoms with Gasteiger partial charge in [0.2, 0.25) is 5.91 Å². The molecule has 0 heterocycles. The van der Waals surface area contributed by atoms with E-state index in [9.17, 15) is 4.79 Å². The van der Waals surface area contributed by atoms with E-state index in [0.717, 1.165) is 23.7 Å². The molecule has 1 aliphatic carbocycles. The SMILES string of the molecule is CC(CBr)(NC(=O)C1CCC1)c1ccccc1. The van der Waals surface area contributed by atoms with Gasteiger partial charge in [-0.3, -0.25) is 4.79 Å². The molecule has 0 radical (unpaired) electrons. The normalized spacial score (nSPS) is 19.2. The van der Waals surface area contributed by atoms with Gasteiger partial charge in [0.05, 0.1) is 5.54 Å². The van der Waals surface area contributed by atoms with Gasteiger partial charge in [0.1, 0.15) is 0 Å². The van der Waals surface area contributed by atoms with Gasteiger partial charge in [0, 0.05) is 11.2 Å². The summed E-state index contributed by atoms with van der Waals surface area (Å²) in [4.78, 5) is 12.0. The lowest BCUT2D eigenvalue weighted by atomic mass is 9.83. The summed E-state index contributed by atoms with van der Waals surface area (Å²) >= 11 is 3.51. The molecular weight excluding hydrogens is 278 g/mol. The first-order valence-corrected chi connectivity index (χ1v) is 7.21. The van der Waals surface area contributed by atoms with Crippen molar-refractivity contribution in [3.63, 3.8) is 0 Å². The van der Waals surface area contributed by atoms with Crippen LogP contribution >= 0.6 is 15.9 Å². The Morgan fingerprint density at radius 3 is 2.53 bits per heavy atom. The summed E-state index contributed by atoms with van der Waals surface area (Å²) in [7, 11) is 0. The van der Waals surface area contributed by atoms with Gasteiger partial charge in [-0.1, -0.05) is 52.7 Å². The quantitative estimate of drug-likeness (QED) is 0.849. The molecule has 1 unspecified atom stereocenters. The number of hydrogen-bond donors (Lipinski definition) is 1. The van der Waals surface area contributed by atoms with Crippen molar-refractivity contribution in [3.8, 4) is 0 Å². The third-order valence-corrected chi connectivity index (χ3v) is 4.67. The van der Waals surface area contributed by atoms with Crippen molar-refractivity contribution in [1.29, 1.82) is 0 Å². The number of benzene rings is 1. The van der Waals surface area contributed by atoms with E-state index in [4.69, 9.17) is 0 Å². The zero-order valence-electron chi connectivity index (χ0n) is 10.1. The maximum Gasteiger partial charge on any atom is 0.223 e. The highest BCUT2D eigenvalue weighted by atomic mass is 79.9. The van der Waals surface area contributed by atoms with Crippen LogP contribution in [0.1, 0.15) is 31.7 Å². The van der Waals surface area contributed by atoms with Gasteiger partial charge in [-0.25, -0.2) is 0 Å². The predicted octanol–water partition coefficient (Wildman–Crippen LogP) is 3.21. The lowest BCUT2D eigenvalue weighted by Crippen LogP contribution is -2.48. The molecule has 1 aliphatic rings. The molecule has 1 atom stereocenters. The fourth-order valence-corrected chi connectivity index (χ4v) is 2.50. The number of nitrogens with one attached hydrogen (secondary N) is 1. The molecule has 1 fully saturated rings. The zero-order chi connectivity index (χ0) is 12.3. The minimum Gasteiger partial charge on any atom is -0.346 e. The van der Waals surface area contributed by atoms with Gasteiger partial charge < -0.3 is 5.32 Å². The van der Waals surface area contributed by atoms with Crippen LogP contribution in [0.5, 0.6) is 0 Å². The standard InChI is InChI=1S/C14H18BrNO/c1-14(10-15,12-8-3-2-4-9-12)16-13(17)11-6-5-7-11/h2-4,8-9,11H,5-7,10H2,1H3,(H,16,17). The Morgan fingerprint density at radius 1 is 1.41 bits per heavy atom. The molecule has 1 amide bonds. The van der Waals surface area contributed by atoms with Crippen LogP contribution in [0, 0.1) is 5.92 Å². The Labute approximate surface area is 111 Å². The summed E-state index contributed by atoms with van der Waals surface area (Å²) in [6.45, 7) is 2.06. The van der Waals surface area contributed by atoms with E-state index in [0.29, 0.717) is 0 Å². The Morgan fingerprint density at radius 2 is 2.06 bits per heavy atom. The van der Waals surface area contributed by atoms with Crippen LogP contribution < -0.4 is 5.32 Å². The van der Waals surface area contributed by atoms with Crippen molar-refractivity contribution in [3.05, 3.63) is 35.9 Å². The zero-order valence-corrected chi connectivity index (χ0v) is 11.7. The lowest BCUT2D eigenvalue weighted by Gasteiger charge is -2.33. The van der Waals surface area contributed by atoms with Gasteiger partial charge in [0.25, 0.3) is 0 Å². The van der Waals surface area contributed by atoms with Crippen molar-refractivity contribution in [2.24, 2.45) is 5.92 Å². The van der Waals surface area contributed by atoms with Crippen LogP contribution in [0.15, 0.2) is 30.3 Å². The van der Waals surface area contributed by atoms with Gasteiger partial charge in [-0.05, 0) is 25.3 Å². The minimum atomic E-state index is -0.312. The Balaban J connectivity index is 2.11. The van der Waals surface area contributed by atoms with Crippen LogP contribution in [-0.4, -0.2) is 11.2 Å². The first-order chi connectivity index (χ1) is 8.15. The van der Waals surface area contributed by atoms with Crippen LogP contribution in [0.4, 0.5) is 0 Å². The number of hydrogen-bond acceptors (Lipinski definition) is 1. The van der Waals surface area contributed by atoms with Crippen molar-refractivity contribution < 1.29 is 4.79 Å². The molecule has 0 bridgehead atoms. The second-order valence-corrected chi connectivity index (χ2v) is 5.51. The largest absolute Gasteiger partial charge is 0.346 e. The van der Waals surface area contributed by atoms with Crippen molar-refractivity contribution in [2.75, 3.05) is 5.33 Å². The molecule has 3 heteroatoms. The van der Waals surface area contributed by atoms with Gasteiger partial charge in [-0.15, -0.1) is 0 Å². The van der Waals surface area contributed by atoms with Gasteiger partial charge in [0.15, 0.2) is 0 Å². The molecule has 0 aliphatic heterocycles. The number of carbonyl (C=O) groups is 1. The van der Waals surface area contributed by atoms with Gasteiger partial charge in [-0.2, -0.15) is 0 Å². The molecule has 2 nitrogen and oxygen atoms in total. The summed E-state index contributed by atoms with van der Waals surface area (Å²) in [5.41, 5.74) is 0.832. The number of alkyl halides is 1. The molecule has 0 saturated heterocycles. The topological polar surface area (TPSA) is 29.1 Å². The molecule has 1 saturated carbocycles. The molecule has 17 heavy (non-hydrogen) atoms. The molecule has 1 N–H and O–H groups in total. The Bertz CT molecular complexity index is 388. The summed E-state index contributed by atoms with van der Waals surface area (Å²) in [5.74, 6) is 0.430. The average Bonchev–Trinajstić information content (AvgIpc) is 2.27. The van der Waals surface area contributed by atoms with Crippen LogP contribution in [0.2, 0.25) is 0 Å². The molecule has 1 aromatic carbocycles. The first kappa shape index (κ1) is 12.6. The predicted molar refractivity (Wildman–Crippen MR) is 73.1 cm³/mol. The van der Waals surface area contributed by atoms with E-state index in [-0.39, 0.29) is 17.4 Å². The molecule has 2 rings (SSSR count). The smallest absolute Gasteiger partial charge is 0.223 e. The second-order valence-electron chi connectivity index (χ2n) is 4.95. The number of rotatable bonds is 4. The summed E-state index contributed by atoms with van der Waals surface area (Å²) in [6, 6.07) is 10.1. The van der Waals surface area contributed by atoms with Crippen LogP contribution in [-0.2, 0) is 10.3 Å². The number of amides is 1. The minimum absolute atomic E-state index is 0.196. The molecular formula is C14H18BrNO. The first-order valence-electron chi connectivity index (χ1n) is 6.09. The highest BCUT2D eigenvalue weighted by molar-refractivity contribution is 9.09. The average molecular weight is 296 g/mol. The highest BCUT2D eigenvalue weighted by Crippen LogP contribution is 2.29. The van der Waals surface area contributed by atoms with Crippen molar-refractivity contribution >= 4 is 21.8 Å². The van der Waals surface area contributed by atoms with E-state index >= 15 is 0 Å². The summed E-state index contributed by atoms with van der Waals surface area (Å²) in [6.07, 6.45) is 3.27. The Kier molecular flexibility index (Phi) is 3.87. The highest BCUT2D eigenvalue weighted by Gasteiger charge is 2.32. The maximum atomic E-state index is 12.0. The van der Waals surface area contributed by atoms with E-state index in [1.807, 2.05) is 18.2 Å². The maximum absolute atomic E-state index is 12.0. The third-order valence-electron chi connectivity index (χ3n) is 3.55.